The van der Waals surface area contributed by atoms with Crippen LogP contribution in [-0.2, 0) is 5.41 Å². The molecule has 78 valence electrons. The molecule has 1 aromatic carbocycles. The topological polar surface area (TPSA) is 60.7 Å². The Morgan fingerprint density at radius 1 is 1.07 bits per heavy atom. The van der Waals surface area contributed by atoms with Gasteiger partial charge in [-0.15, -0.1) is 0 Å². The SMILES string of the molecule is OCC(CO)(CO)c1cccc(Br)c1. The Morgan fingerprint density at radius 3 is 2.07 bits per heavy atom. The summed E-state index contributed by atoms with van der Waals surface area (Å²) in [5.41, 5.74) is -0.233. The molecule has 4 heteroatoms. The van der Waals surface area contributed by atoms with E-state index < -0.39 is 5.41 Å². The second-order valence-corrected chi connectivity index (χ2v) is 4.18. The molecule has 3 N–H and O–H groups in total. The van der Waals surface area contributed by atoms with Crippen molar-refractivity contribution in [2.45, 2.75) is 5.41 Å². The van der Waals surface area contributed by atoms with Crippen LogP contribution in [0.25, 0.3) is 0 Å². The molecular formula is C10H13BrO3. The van der Waals surface area contributed by atoms with E-state index in [1.807, 2.05) is 6.07 Å². The van der Waals surface area contributed by atoms with Crippen LogP contribution in [0.5, 0.6) is 0 Å². The van der Waals surface area contributed by atoms with Crippen molar-refractivity contribution in [2.24, 2.45) is 0 Å². The normalized spacial score (nSPS) is 11.7. The number of hydrogen-bond donors (Lipinski definition) is 3. The molecule has 0 spiro atoms. The van der Waals surface area contributed by atoms with Crippen molar-refractivity contribution in [1.29, 1.82) is 0 Å². The van der Waals surface area contributed by atoms with Gasteiger partial charge in [0.2, 0.25) is 0 Å². The molecule has 0 heterocycles. The minimum atomic E-state index is -0.955. The Labute approximate surface area is 91.1 Å². The molecule has 0 aliphatic rings. The molecule has 0 unspecified atom stereocenters. The summed E-state index contributed by atoms with van der Waals surface area (Å²) in [5, 5.41) is 27.6. The minimum Gasteiger partial charge on any atom is -0.395 e. The average molecular weight is 261 g/mol. The summed E-state index contributed by atoms with van der Waals surface area (Å²) in [4.78, 5) is 0. The zero-order valence-corrected chi connectivity index (χ0v) is 9.24. The fraction of sp³-hybridized carbons (Fsp3) is 0.400. The van der Waals surface area contributed by atoms with Crippen molar-refractivity contribution >= 4 is 15.9 Å². The number of halogens is 1. The molecule has 0 saturated carbocycles. The molecular weight excluding hydrogens is 248 g/mol. The first kappa shape index (κ1) is 11.7. The molecule has 14 heavy (non-hydrogen) atoms. The smallest absolute Gasteiger partial charge is 0.0646 e. The summed E-state index contributed by atoms with van der Waals surface area (Å²) in [6.45, 7) is -0.844. The van der Waals surface area contributed by atoms with Gasteiger partial charge in [-0.3, -0.25) is 0 Å². The van der Waals surface area contributed by atoms with Gasteiger partial charge in [0.1, 0.15) is 0 Å². The monoisotopic (exact) mass is 260 g/mol. The number of aliphatic hydroxyl groups excluding tert-OH is 3. The summed E-state index contributed by atoms with van der Waals surface area (Å²) in [6.07, 6.45) is 0. The van der Waals surface area contributed by atoms with Gasteiger partial charge in [-0.25, -0.2) is 0 Å². The predicted molar refractivity (Wildman–Crippen MR) is 57.1 cm³/mol. The van der Waals surface area contributed by atoms with Crippen LogP contribution in [0.15, 0.2) is 28.7 Å². The van der Waals surface area contributed by atoms with Gasteiger partial charge in [0.15, 0.2) is 0 Å². The van der Waals surface area contributed by atoms with Gasteiger partial charge in [-0.05, 0) is 17.7 Å². The summed E-state index contributed by atoms with van der Waals surface area (Å²) in [6, 6.07) is 7.20. The minimum absolute atomic E-state index is 0.281. The third-order valence-electron chi connectivity index (χ3n) is 2.34. The maximum absolute atomic E-state index is 9.19. The number of rotatable bonds is 4. The Kier molecular flexibility index (Phi) is 4.07. The van der Waals surface area contributed by atoms with Crippen molar-refractivity contribution in [2.75, 3.05) is 19.8 Å². The lowest BCUT2D eigenvalue weighted by molar-refractivity contribution is 0.0641. The first-order valence-corrected chi connectivity index (χ1v) is 5.06. The summed E-state index contributed by atoms with van der Waals surface area (Å²) < 4.78 is 0.856. The molecule has 0 aromatic heterocycles. The van der Waals surface area contributed by atoms with E-state index in [1.54, 1.807) is 18.2 Å². The molecule has 0 atom stereocenters. The molecule has 0 saturated heterocycles. The van der Waals surface area contributed by atoms with Crippen molar-refractivity contribution in [3.05, 3.63) is 34.3 Å². The number of benzene rings is 1. The summed E-state index contributed by atoms with van der Waals surface area (Å²) in [7, 11) is 0. The zero-order chi connectivity index (χ0) is 10.6. The van der Waals surface area contributed by atoms with E-state index in [-0.39, 0.29) is 19.8 Å². The van der Waals surface area contributed by atoms with Crippen LogP contribution in [0.1, 0.15) is 5.56 Å². The second kappa shape index (κ2) is 4.89. The van der Waals surface area contributed by atoms with Gasteiger partial charge >= 0.3 is 0 Å². The number of aliphatic hydroxyl groups is 3. The van der Waals surface area contributed by atoms with Gasteiger partial charge in [0.05, 0.1) is 25.2 Å². The molecule has 0 fully saturated rings. The van der Waals surface area contributed by atoms with Gasteiger partial charge in [-0.2, -0.15) is 0 Å². The Hall–Kier alpha value is -0.420. The first-order valence-electron chi connectivity index (χ1n) is 4.27. The van der Waals surface area contributed by atoms with Crippen LogP contribution < -0.4 is 0 Å². The van der Waals surface area contributed by atoms with Gasteiger partial charge in [-0.1, -0.05) is 28.1 Å². The molecule has 0 bridgehead atoms. The maximum Gasteiger partial charge on any atom is 0.0646 e. The van der Waals surface area contributed by atoms with Gasteiger partial charge < -0.3 is 15.3 Å². The molecule has 3 nitrogen and oxygen atoms in total. The van der Waals surface area contributed by atoms with Crippen molar-refractivity contribution < 1.29 is 15.3 Å². The quantitative estimate of drug-likeness (QED) is 0.746. The Bertz CT molecular complexity index is 289. The third kappa shape index (κ3) is 2.15. The molecule has 1 rings (SSSR count). The third-order valence-corrected chi connectivity index (χ3v) is 2.84. The van der Waals surface area contributed by atoms with Crippen LogP contribution in [-0.4, -0.2) is 35.1 Å². The van der Waals surface area contributed by atoms with E-state index in [9.17, 15) is 15.3 Å². The van der Waals surface area contributed by atoms with E-state index in [4.69, 9.17) is 0 Å². The highest BCUT2D eigenvalue weighted by Crippen LogP contribution is 2.25. The van der Waals surface area contributed by atoms with Crippen LogP contribution in [0.2, 0.25) is 0 Å². The molecule has 0 radical (unpaired) electrons. The highest BCUT2D eigenvalue weighted by molar-refractivity contribution is 9.10. The zero-order valence-electron chi connectivity index (χ0n) is 7.65. The largest absolute Gasteiger partial charge is 0.395 e. The van der Waals surface area contributed by atoms with Crippen LogP contribution >= 0.6 is 15.9 Å². The van der Waals surface area contributed by atoms with E-state index >= 15 is 0 Å². The predicted octanol–water partition coefficient (Wildman–Crippen LogP) is 0.664. The van der Waals surface area contributed by atoms with E-state index in [0.29, 0.717) is 0 Å². The van der Waals surface area contributed by atoms with Gasteiger partial charge in [0, 0.05) is 4.47 Å². The fourth-order valence-electron chi connectivity index (χ4n) is 1.24. The van der Waals surface area contributed by atoms with E-state index in [1.165, 1.54) is 0 Å². The van der Waals surface area contributed by atoms with E-state index in [2.05, 4.69) is 15.9 Å². The van der Waals surface area contributed by atoms with Crippen LogP contribution in [0, 0.1) is 0 Å². The van der Waals surface area contributed by atoms with Crippen LogP contribution in [0.4, 0.5) is 0 Å². The van der Waals surface area contributed by atoms with Gasteiger partial charge in [0.25, 0.3) is 0 Å². The van der Waals surface area contributed by atoms with E-state index in [0.717, 1.165) is 10.0 Å². The first-order chi connectivity index (χ1) is 6.68. The Balaban J connectivity index is 3.10. The second-order valence-electron chi connectivity index (χ2n) is 3.27. The van der Waals surface area contributed by atoms with Crippen LogP contribution in [0.3, 0.4) is 0 Å². The standard InChI is InChI=1S/C10H13BrO3/c11-9-3-1-2-8(4-9)10(5-12,6-13)7-14/h1-4,12-14H,5-7H2. The molecule has 0 aliphatic heterocycles. The number of hydrogen-bond acceptors (Lipinski definition) is 3. The molecule has 0 aliphatic carbocycles. The maximum atomic E-state index is 9.19. The molecule has 0 amide bonds. The van der Waals surface area contributed by atoms with Crippen molar-refractivity contribution in [3.63, 3.8) is 0 Å². The summed E-state index contributed by atoms with van der Waals surface area (Å²) >= 11 is 3.30. The van der Waals surface area contributed by atoms with Crippen molar-refractivity contribution in [3.8, 4) is 0 Å². The van der Waals surface area contributed by atoms with Crippen molar-refractivity contribution in [1.82, 2.24) is 0 Å². The lowest BCUT2D eigenvalue weighted by atomic mass is 9.83. The lowest BCUT2D eigenvalue weighted by Gasteiger charge is -2.27. The highest BCUT2D eigenvalue weighted by Gasteiger charge is 2.30. The lowest BCUT2D eigenvalue weighted by Crippen LogP contribution is -2.38. The fourth-order valence-corrected chi connectivity index (χ4v) is 1.64. The molecule has 1 aromatic rings. The highest BCUT2D eigenvalue weighted by atomic mass is 79.9. The average Bonchev–Trinajstić information content (AvgIpc) is 2.22. The Morgan fingerprint density at radius 2 is 1.64 bits per heavy atom. The summed E-state index contributed by atoms with van der Waals surface area (Å²) in [5.74, 6) is 0.